The van der Waals surface area contributed by atoms with Crippen LogP contribution in [0.2, 0.25) is 0 Å². The van der Waals surface area contributed by atoms with Gasteiger partial charge in [0.25, 0.3) is 0 Å². The standard InChI is InChI=1S/C22H24N2/c1-16(21-12-9-20(15-23)10-13-21)17(2)22(18(3)24)14-11-19-7-5-4-6-8-19/h4-10,12-13,16H,2,11,14,24H2,1,3H3/b22-18+. The SMILES string of the molecule is C=C(/C(CCc1ccccc1)=C(\C)N)C(C)c1ccc(C#N)cc1. The molecule has 2 N–H and O–H groups in total. The predicted molar refractivity (Wildman–Crippen MR) is 100 cm³/mol. The van der Waals surface area contributed by atoms with Crippen LogP contribution in [0.5, 0.6) is 0 Å². The highest BCUT2D eigenvalue weighted by atomic mass is 14.6. The summed E-state index contributed by atoms with van der Waals surface area (Å²) < 4.78 is 0. The lowest BCUT2D eigenvalue weighted by Gasteiger charge is -2.20. The Labute approximate surface area is 144 Å². The van der Waals surface area contributed by atoms with Gasteiger partial charge in [0.05, 0.1) is 11.6 Å². The molecule has 1 unspecified atom stereocenters. The number of nitriles is 1. The summed E-state index contributed by atoms with van der Waals surface area (Å²) in [6, 6.07) is 20.3. The van der Waals surface area contributed by atoms with E-state index in [1.54, 1.807) is 0 Å². The van der Waals surface area contributed by atoms with E-state index in [1.807, 2.05) is 37.3 Å². The van der Waals surface area contributed by atoms with Crippen LogP contribution in [0.3, 0.4) is 0 Å². The average Bonchev–Trinajstić information content (AvgIpc) is 2.61. The van der Waals surface area contributed by atoms with E-state index in [2.05, 4.69) is 43.8 Å². The zero-order chi connectivity index (χ0) is 17.5. The van der Waals surface area contributed by atoms with Crippen molar-refractivity contribution < 1.29 is 0 Å². The summed E-state index contributed by atoms with van der Waals surface area (Å²) in [5.41, 5.74) is 12.3. The summed E-state index contributed by atoms with van der Waals surface area (Å²) in [6.45, 7) is 8.38. The fourth-order valence-corrected chi connectivity index (χ4v) is 2.83. The second kappa shape index (κ2) is 8.17. The van der Waals surface area contributed by atoms with Crippen LogP contribution in [0.1, 0.15) is 42.9 Å². The number of benzene rings is 2. The molecule has 2 nitrogen and oxygen atoms in total. The van der Waals surface area contributed by atoms with E-state index < -0.39 is 0 Å². The second-order valence-electron chi connectivity index (χ2n) is 6.13. The molecule has 0 radical (unpaired) electrons. The van der Waals surface area contributed by atoms with Crippen molar-refractivity contribution in [3.8, 4) is 6.07 Å². The summed E-state index contributed by atoms with van der Waals surface area (Å²) in [4.78, 5) is 0. The number of hydrogen-bond acceptors (Lipinski definition) is 2. The van der Waals surface area contributed by atoms with Crippen molar-refractivity contribution in [3.05, 3.63) is 94.7 Å². The molecule has 0 aromatic heterocycles. The molecule has 0 heterocycles. The molecule has 122 valence electrons. The molecule has 0 spiro atoms. The number of hydrogen-bond donors (Lipinski definition) is 1. The van der Waals surface area contributed by atoms with Crippen LogP contribution in [0.4, 0.5) is 0 Å². The van der Waals surface area contributed by atoms with Crippen molar-refractivity contribution in [3.63, 3.8) is 0 Å². The molecule has 0 saturated carbocycles. The molecule has 2 aromatic carbocycles. The smallest absolute Gasteiger partial charge is 0.0991 e. The van der Waals surface area contributed by atoms with Gasteiger partial charge in [0, 0.05) is 11.6 Å². The quantitative estimate of drug-likeness (QED) is 0.755. The van der Waals surface area contributed by atoms with Gasteiger partial charge in [-0.1, -0.05) is 56.0 Å². The van der Waals surface area contributed by atoms with Gasteiger partial charge in [-0.3, -0.25) is 0 Å². The van der Waals surface area contributed by atoms with E-state index >= 15 is 0 Å². The molecule has 24 heavy (non-hydrogen) atoms. The second-order valence-corrected chi connectivity index (χ2v) is 6.13. The monoisotopic (exact) mass is 316 g/mol. The third-order valence-electron chi connectivity index (χ3n) is 4.43. The zero-order valence-electron chi connectivity index (χ0n) is 14.4. The number of aryl methyl sites for hydroxylation is 1. The molecule has 1 atom stereocenters. The van der Waals surface area contributed by atoms with Gasteiger partial charge in [-0.25, -0.2) is 0 Å². The first-order chi connectivity index (χ1) is 11.5. The summed E-state index contributed by atoms with van der Waals surface area (Å²) in [7, 11) is 0. The molecule has 0 saturated heterocycles. The Kier molecular flexibility index (Phi) is 5.98. The normalized spacial score (nSPS) is 12.9. The Bertz CT molecular complexity index is 758. The maximum atomic E-state index is 8.92. The molecule has 0 bridgehead atoms. The lowest BCUT2D eigenvalue weighted by atomic mass is 9.85. The van der Waals surface area contributed by atoms with Crippen LogP contribution in [-0.4, -0.2) is 0 Å². The van der Waals surface area contributed by atoms with Crippen LogP contribution in [0.25, 0.3) is 0 Å². The maximum Gasteiger partial charge on any atom is 0.0991 e. The molecule has 0 aliphatic heterocycles. The number of allylic oxidation sites excluding steroid dienone is 3. The average molecular weight is 316 g/mol. The van der Waals surface area contributed by atoms with Crippen molar-refractivity contribution in [2.75, 3.05) is 0 Å². The number of rotatable bonds is 6. The highest BCUT2D eigenvalue weighted by Crippen LogP contribution is 2.31. The summed E-state index contributed by atoms with van der Waals surface area (Å²) in [5, 5.41) is 8.92. The first-order valence-electron chi connectivity index (χ1n) is 8.21. The molecule has 2 heteroatoms. The largest absolute Gasteiger partial charge is 0.402 e. The first-order valence-corrected chi connectivity index (χ1v) is 8.21. The van der Waals surface area contributed by atoms with E-state index in [-0.39, 0.29) is 5.92 Å². The topological polar surface area (TPSA) is 49.8 Å². The fourth-order valence-electron chi connectivity index (χ4n) is 2.83. The Balaban J connectivity index is 2.13. The van der Waals surface area contributed by atoms with Gasteiger partial charge in [-0.05, 0) is 54.2 Å². The van der Waals surface area contributed by atoms with Gasteiger partial charge in [-0.2, -0.15) is 5.26 Å². The molecule has 2 aromatic rings. The van der Waals surface area contributed by atoms with Gasteiger partial charge in [-0.15, -0.1) is 0 Å². The van der Waals surface area contributed by atoms with Gasteiger partial charge in [0.2, 0.25) is 0 Å². The van der Waals surface area contributed by atoms with E-state index in [4.69, 9.17) is 11.0 Å². The molecular formula is C22H24N2. The third kappa shape index (κ3) is 4.36. The summed E-state index contributed by atoms with van der Waals surface area (Å²) in [6.07, 6.45) is 1.83. The van der Waals surface area contributed by atoms with Crippen molar-refractivity contribution in [2.24, 2.45) is 5.73 Å². The van der Waals surface area contributed by atoms with E-state index in [0.29, 0.717) is 5.56 Å². The van der Waals surface area contributed by atoms with Crippen LogP contribution in [0.15, 0.2) is 78.0 Å². The van der Waals surface area contributed by atoms with Crippen LogP contribution < -0.4 is 5.73 Å². The maximum absolute atomic E-state index is 8.92. The highest BCUT2D eigenvalue weighted by molar-refractivity contribution is 5.42. The zero-order valence-corrected chi connectivity index (χ0v) is 14.4. The van der Waals surface area contributed by atoms with Gasteiger partial charge < -0.3 is 5.73 Å². The molecular weight excluding hydrogens is 292 g/mol. The molecule has 2 rings (SSSR count). The number of nitrogens with two attached hydrogens (primary N) is 1. The fraction of sp³-hybridized carbons (Fsp3) is 0.227. The van der Waals surface area contributed by atoms with Crippen LogP contribution in [0, 0.1) is 11.3 Å². The van der Waals surface area contributed by atoms with Crippen molar-refractivity contribution in [1.29, 1.82) is 5.26 Å². The third-order valence-corrected chi connectivity index (χ3v) is 4.43. The Morgan fingerprint density at radius 2 is 1.75 bits per heavy atom. The summed E-state index contributed by atoms with van der Waals surface area (Å²) >= 11 is 0. The predicted octanol–water partition coefficient (Wildman–Crippen LogP) is 5.08. The molecule has 0 fully saturated rings. The van der Waals surface area contributed by atoms with Crippen LogP contribution >= 0.6 is 0 Å². The van der Waals surface area contributed by atoms with Gasteiger partial charge >= 0.3 is 0 Å². The molecule has 0 amide bonds. The lowest BCUT2D eigenvalue weighted by molar-refractivity contribution is 0.843. The van der Waals surface area contributed by atoms with Gasteiger partial charge in [0.15, 0.2) is 0 Å². The van der Waals surface area contributed by atoms with Crippen molar-refractivity contribution in [2.45, 2.75) is 32.6 Å². The minimum Gasteiger partial charge on any atom is -0.402 e. The number of nitrogens with zero attached hydrogens (tertiary/aromatic N) is 1. The van der Waals surface area contributed by atoms with Crippen LogP contribution in [-0.2, 0) is 6.42 Å². The first kappa shape index (κ1) is 17.6. The van der Waals surface area contributed by atoms with E-state index in [1.165, 1.54) is 5.56 Å². The Morgan fingerprint density at radius 3 is 2.29 bits per heavy atom. The minimum atomic E-state index is 0.169. The molecule has 0 aliphatic rings. The van der Waals surface area contributed by atoms with Crippen molar-refractivity contribution >= 4 is 0 Å². The highest BCUT2D eigenvalue weighted by Gasteiger charge is 2.15. The Morgan fingerprint density at radius 1 is 1.12 bits per heavy atom. The van der Waals surface area contributed by atoms with E-state index in [9.17, 15) is 0 Å². The van der Waals surface area contributed by atoms with Crippen molar-refractivity contribution in [1.82, 2.24) is 0 Å². The Hall–Kier alpha value is -2.79. The minimum absolute atomic E-state index is 0.169. The van der Waals surface area contributed by atoms with Gasteiger partial charge in [0.1, 0.15) is 0 Å². The van der Waals surface area contributed by atoms with E-state index in [0.717, 1.165) is 35.2 Å². The summed E-state index contributed by atoms with van der Waals surface area (Å²) in [5.74, 6) is 0.169. The molecule has 0 aliphatic carbocycles. The lowest BCUT2D eigenvalue weighted by Crippen LogP contribution is -2.07.